The number of carboxylic acid groups (broad SMARTS) is 1. The first-order valence-electron chi connectivity index (χ1n) is 8.22. The van der Waals surface area contributed by atoms with E-state index in [4.69, 9.17) is 4.74 Å². The van der Waals surface area contributed by atoms with Crippen LogP contribution in [-0.4, -0.2) is 43.9 Å². The smallest absolute Gasteiger partial charge is 0.420 e. The summed E-state index contributed by atoms with van der Waals surface area (Å²) in [6, 6.07) is 6.86. The number of fused-ring (bicyclic) bond motifs is 1. The Balaban J connectivity index is 2.05. The maximum absolute atomic E-state index is 12.5. The third kappa shape index (κ3) is 3.60. The van der Waals surface area contributed by atoms with Crippen LogP contribution in [0.25, 0.3) is 0 Å². The Morgan fingerprint density at radius 3 is 2.69 bits per heavy atom. The average molecular weight is 422 g/mol. The number of halogens is 1. The lowest BCUT2D eigenvalue weighted by Crippen LogP contribution is -2.40. The fourth-order valence-corrected chi connectivity index (χ4v) is 3.47. The molecule has 1 N–H and O–H groups in total. The molecule has 0 radical (unpaired) electrons. The summed E-state index contributed by atoms with van der Waals surface area (Å²) < 4.78 is 7.66. The van der Waals surface area contributed by atoms with Gasteiger partial charge in [0.15, 0.2) is 0 Å². The molecule has 3 rings (SSSR count). The van der Waals surface area contributed by atoms with Gasteiger partial charge in [0.1, 0.15) is 18.0 Å². The Hall–Kier alpha value is -2.35. The molecule has 0 saturated carbocycles. The standard InChI is InChI=1S/C18H20BrN3O4/c1-18(2,3)26-17(25)22-10-20-14-13(22)7-8-21(16(23)24)15(14)11-5-4-6-12(19)9-11/h4-6,9-10,15H,7-8H2,1-3H3,(H,23,24). The first kappa shape index (κ1) is 18.4. The van der Waals surface area contributed by atoms with Crippen molar-refractivity contribution in [3.8, 4) is 0 Å². The number of benzene rings is 1. The molecule has 0 saturated heterocycles. The number of ether oxygens (including phenoxy) is 1. The number of aromatic nitrogens is 2. The van der Waals surface area contributed by atoms with Crippen LogP contribution in [0.4, 0.5) is 9.59 Å². The number of carbonyl (C=O) groups excluding carboxylic acids is 1. The van der Waals surface area contributed by atoms with Gasteiger partial charge < -0.3 is 9.84 Å². The van der Waals surface area contributed by atoms with Crippen LogP contribution in [-0.2, 0) is 11.2 Å². The topological polar surface area (TPSA) is 84.7 Å². The zero-order valence-corrected chi connectivity index (χ0v) is 16.4. The normalized spacial score (nSPS) is 16.9. The Morgan fingerprint density at radius 1 is 1.35 bits per heavy atom. The van der Waals surface area contributed by atoms with E-state index in [0.29, 0.717) is 17.8 Å². The maximum Gasteiger partial charge on any atom is 0.420 e. The van der Waals surface area contributed by atoms with Crippen molar-refractivity contribution in [2.45, 2.75) is 38.8 Å². The summed E-state index contributed by atoms with van der Waals surface area (Å²) in [4.78, 5) is 29.9. The second kappa shape index (κ2) is 6.75. The molecule has 2 heterocycles. The first-order chi connectivity index (χ1) is 12.2. The van der Waals surface area contributed by atoms with Crippen molar-refractivity contribution in [2.24, 2.45) is 0 Å². The van der Waals surface area contributed by atoms with Gasteiger partial charge >= 0.3 is 12.2 Å². The van der Waals surface area contributed by atoms with Crippen LogP contribution in [0.1, 0.15) is 43.8 Å². The van der Waals surface area contributed by atoms with Gasteiger partial charge in [-0.25, -0.2) is 19.1 Å². The van der Waals surface area contributed by atoms with Crippen LogP contribution < -0.4 is 0 Å². The Kier molecular flexibility index (Phi) is 4.79. The van der Waals surface area contributed by atoms with Gasteiger partial charge in [-0.15, -0.1) is 0 Å². The van der Waals surface area contributed by atoms with Gasteiger partial charge in [-0.1, -0.05) is 28.1 Å². The molecule has 2 aromatic rings. The molecular formula is C18H20BrN3O4. The molecule has 1 aromatic carbocycles. The number of nitrogens with zero attached hydrogens (tertiary/aromatic N) is 3. The van der Waals surface area contributed by atoms with Gasteiger partial charge in [0, 0.05) is 17.4 Å². The summed E-state index contributed by atoms with van der Waals surface area (Å²) in [6.45, 7) is 5.66. The SMILES string of the molecule is CC(C)(C)OC(=O)n1cnc2c1CCN(C(=O)O)C2c1cccc(Br)c1. The van der Waals surface area contributed by atoms with E-state index in [1.54, 1.807) is 20.8 Å². The molecule has 1 unspecified atom stereocenters. The lowest BCUT2D eigenvalue weighted by atomic mass is 9.96. The highest BCUT2D eigenvalue weighted by molar-refractivity contribution is 9.10. The molecule has 0 spiro atoms. The van der Waals surface area contributed by atoms with Crippen molar-refractivity contribution >= 4 is 28.1 Å². The van der Waals surface area contributed by atoms with E-state index in [2.05, 4.69) is 20.9 Å². The Morgan fingerprint density at radius 2 is 2.08 bits per heavy atom. The summed E-state index contributed by atoms with van der Waals surface area (Å²) >= 11 is 3.42. The summed E-state index contributed by atoms with van der Waals surface area (Å²) in [5.41, 5.74) is 1.40. The fourth-order valence-electron chi connectivity index (χ4n) is 3.06. The van der Waals surface area contributed by atoms with Gasteiger partial charge in [-0.3, -0.25) is 4.90 Å². The van der Waals surface area contributed by atoms with Crippen molar-refractivity contribution in [3.05, 3.63) is 52.0 Å². The molecule has 8 heteroatoms. The molecule has 1 aromatic heterocycles. The van der Waals surface area contributed by atoms with E-state index in [0.717, 1.165) is 10.0 Å². The van der Waals surface area contributed by atoms with Gasteiger partial charge in [-0.05, 0) is 38.5 Å². The lowest BCUT2D eigenvalue weighted by molar-refractivity contribution is 0.0530. The predicted octanol–water partition coefficient (Wildman–Crippen LogP) is 4.05. The number of hydrogen-bond acceptors (Lipinski definition) is 4. The van der Waals surface area contributed by atoms with Crippen molar-refractivity contribution in [2.75, 3.05) is 6.54 Å². The van der Waals surface area contributed by atoms with E-state index in [1.165, 1.54) is 15.8 Å². The highest BCUT2D eigenvalue weighted by Gasteiger charge is 2.36. The van der Waals surface area contributed by atoms with Crippen LogP contribution >= 0.6 is 15.9 Å². The third-order valence-electron chi connectivity index (χ3n) is 4.06. The molecule has 0 fully saturated rings. The Labute approximate surface area is 159 Å². The minimum absolute atomic E-state index is 0.272. The molecule has 1 amide bonds. The van der Waals surface area contributed by atoms with Gasteiger partial charge in [-0.2, -0.15) is 0 Å². The van der Waals surface area contributed by atoms with Gasteiger partial charge in [0.05, 0.1) is 11.4 Å². The minimum atomic E-state index is -1.02. The lowest BCUT2D eigenvalue weighted by Gasteiger charge is -2.33. The molecule has 0 bridgehead atoms. The van der Waals surface area contributed by atoms with Crippen LogP contribution in [0, 0.1) is 0 Å². The molecule has 138 valence electrons. The van der Waals surface area contributed by atoms with Crippen LogP contribution in [0.5, 0.6) is 0 Å². The summed E-state index contributed by atoms with van der Waals surface area (Å²) in [5, 5.41) is 9.62. The van der Waals surface area contributed by atoms with E-state index < -0.39 is 23.8 Å². The first-order valence-corrected chi connectivity index (χ1v) is 9.01. The van der Waals surface area contributed by atoms with E-state index in [9.17, 15) is 14.7 Å². The number of hydrogen-bond donors (Lipinski definition) is 1. The van der Waals surface area contributed by atoms with Crippen molar-refractivity contribution in [1.29, 1.82) is 0 Å². The molecule has 1 aliphatic rings. The zero-order chi connectivity index (χ0) is 19.1. The summed E-state index contributed by atoms with van der Waals surface area (Å²) in [7, 11) is 0. The monoisotopic (exact) mass is 421 g/mol. The van der Waals surface area contributed by atoms with Gasteiger partial charge in [0.25, 0.3) is 0 Å². The summed E-state index contributed by atoms with van der Waals surface area (Å²) in [6.07, 6.45) is 0.274. The van der Waals surface area contributed by atoms with Gasteiger partial charge in [0.2, 0.25) is 0 Å². The zero-order valence-electron chi connectivity index (χ0n) is 14.8. The highest BCUT2D eigenvalue weighted by atomic mass is 79.9. The molecule has 26 heavy (non-hydrogen) atoms. The van der Waals surface area contributed by atoms with Crippen molar-refractivity contribution in [3.63, 3.8) is 0 Å². The largest absolute Gasteiger partial charge is 0.465 e. The fraction of sp³-hybridized carbons (Fsp3) is 0.389. The average Bonchev–Trinajstić information content (AvgIpc) is 2.96. The molecular weight excluding hydrogens is 402 g/mol. The second-order valence-corrected chi connectivity index (χ2v) is 8.03. The number of amides is 1. The third-order valence-corrected chi connectivity index (χ3v) is 4.55. The molecule has 0 aliphatic carbocycles. The maximum atomic E-state index is 12.5. The van der Waals surface area contributed by atoms with Crippen LogP contribution in [0.2, 0.25) is 0 Å². The number of rotatable bonds is 1. The van der Waals surface area contributed by atoms with Crippen LogP contribution in [0.3, 0.4) is 0 Å². The minimum Gasteiger partial charge on any atom is -0.465 e. The number of imidazole rings is 1. The van der Waals surface area contributed by atoms with Crippen molar-refractivity contribution in [1.82, 2.24) is 14.5 Å². The number of carbonyl (C=O) groups is 2. The highest BCUT2D eigenvalue weighted by Crippen LogP contribution is 2.35. The molecule has 7 nitrogen and oxygen atoms in total. The quantitative estimate of drug-likeness (QED) is 0.750. The van der Waals surface area contributed by atoms with Crippen molar-refractivity contribution < 1.29 is 19.4 Å². The predicted molar refractivity (Wildman–Crippen MR) is 98.3 cm³/mol. The molecule has 1 atom stereocenters. The second-order valence-electron chi connectivity index (χ2n) is 7.11. The Bertz CT molecular complexity index is 856. The van der Waals surface area contributed by atoms with E-state index in [1.807, 2.05) is 24.3 Å². The molecule has 1 aliphatic heterocycles. The summed E-state index contributed by atoms with van der Waals surface area (Å²) in [5.74, 6) is 0. The van der Waals surface area contributed by atoms with E-state index in [-0.39, 0.29) is 6.54 Å². The van der Waals surface area contributed by atoms with Crippen LogP contribution in [0.15, 0.2) is 35.1 Å². The van der Waals surface area contributed by atoms with E-state index >= 15 is 0 Å².